The van der Waals surface area contributed by atoms with E-state index in [9.17, 15) is 4.21 Å². The molecule has 0 aliphatic rings. The first-order chi connectivity index (χ1) is 9.83. The summed E-state index contributed by atoms with van der Waals surface area (Å²) in [7, 11) is -1.12. The smallest absolute Gasteiger partial charge is 0.0776 e. The standard InChI is InChI=1S/C18H14OS/c19-20(13-12-15-6-2-1-3-7-15)18-11-10-16-8-4-5-9-17(16)14-18/h1-14H/b13-12-. The molecule has 0 amide bonds. The molecular weight excluding hydrogens is 264 g/mol. The van der Waals surface area contributed by atoms with Gasteiger partial charge in [-0.3, -0.25) is 0 Å². The molecule has 0 bridgehead atoms. The highest BCUT2D eigenvalue weighted by atomic mass is 32.2. The van der Waals surface area contributed by atoms with E-state index < -0.39 is 10.8 Å². The van der Waals surface area contributed by atoms with Crippen molar-refractivity contribution in [2.75, 3.05) is 0 Å². The zero-order valence-corrected chi connectivity index (χ0v) is 11.7. The second-order valence-corrected chi connectivity index (χ2v) is 5.86. The Morgan fingerprint density at radius 1 is 0.750 bits per heavy atom. The van der Waals surface area contributed by atoms with E-state index in [0.717, 1.165) is 15.8 Å². The van der Waals surface area contributed by atoms with Crippen LogP contribution in [-0.4, -0.2) is 4.21 Å². The molecule has 2 heteroatoms. The molecule has 0 saturated carbocycles. The highest BCUT2D eigenvalue weighted by Gasteiger charge is 2.01. The summed E-state index contributed by atoms with van der Waals surface area (Å²) in [6.07, 6.45) is 1.89. The molecule has 0 aliphatic heterocycles. The average molecular weight is 278 g/mol. The van der Waals surface area contributed by atoms with Crippen LogP contribution in [0.3, 0.4) is 0 Å². The minimum absolute atomic E-state index is 0.830. The van der Waals surface area contributed by atoms with E-state index in [4.69, 9.17) is 0 Å². The summed E-state index contributed by atoms with van der Waals surface area (Å²) in [6, 6.07) is 23.9. The first-order valence-corrected chi connectivity index (χ1v) is 7.67. The largest absolute Gasteiger partial charge is 0.250 e. The molecule has 0 aliphatic carbocycles. The normalized spacial score (nSPS) is 12.8. The van der Waals surface area contributed by atoms with Gasteiger partial charge in [0, 0.05) is 10.3 Å². The molecule has 0 N–H and O–H groups in total. The van der Waals surface area contributed by atoms with E-state index >= 15 is 0 Å². The van der Waals surface area contributed by atoms with Crippen LogP contribution in [0.5, 0.6) is 0 Å². The van der Waals surface area contributed by atoms with Crippen molar-refractivity contribution in [3.8, 4) is 0 Å². The van der Waals surface area contributed by atoms with Crippen molar-refractivity contribution in [2.45, 2.75) is 4.90 Å². The van der Waals surface area contributed by atoms with Gasteiger partial charge in [0.25, 0.3) is 0 Å². The summed E-state index contributed by atoms with van der Waals surface area (Å²) in [5.74, 6) is 0. The Kier molecular flexibility index (Phi) is 3.75. The molecule has 3 aromatic rings. The average Bonchev–Trinajstić information content (AvgIpc) is 2.53. The van der Waals surface area contributed by atoms with Gasteiger partial charge >= 0.3 is 0 Å². The van der Waals surface area contributed by atoms with Gasteiger partial charge < -0.3 is 0 Å². The monoisotopic (exact) mass is 278 g/mol. The zero-order valence-electron chi connectivity index (χ0n) is 10.9. The van der Waals surface area contributed by atoms with E-state index in [1.54, 1.807) is 5.41 Å². The van der Waals surface area contributed by atoms with Crippen molar-refractivity contribution in [1.82, 2.24) is 0 Å². The lowest BCUT2D eigenvalue weighted by atomic mass is 10.1. The molecule has 3 aromatic carbocycles. The Labute approximate surface area is 121 Å². The van der Waals surface area contributed by atoms with Crippen LogP contribution < -0.4 is 0 Å². The van der Waals surface area contributed by atoms with Crippen molar-refractivity contribution < 1.29 is 4.21 Å². The lowest BCUT2D eigenvalue weighted by Gasteiger charge is -2.01. The third-order valence-corrected chi connectivity index (χ3v) is 4.24. The molecule has 1 atom stereocenters. The van der Waals surface area contributed by atoms with E-state index in [1.807, 2.05) is 72.8 Å². The molecule has 0 saturated heterocycles. The van der Waals surface area contributed by atoms with Gasteiger partial charge in [-0.1, -0.05) is 60.7 Å². The summed E-state index contributed by atoms with van der Waals surface area (Å²) in [4.78, 5) is 0.830. The quantitative estimate of drug-likeness (QED) is 0.683. The summed E-state index contributed by atoms with van der Waals surface area (Å²) >= 11 is 0. The lowest BCUT2D eigenvalue weighted by molar-refractivity contribution is 0.688. The molecule has 0 aromatic heterocycles. The van der Waals surface area contributed by atoms with Crippen molar-refractivity contribution in [3.63, 3.8) is 0 Å². The van der Waals surface area contributed by atoms with E-state index in [0.29, 0.717) is 0 Å². The molecule has 1 unspecified atom stereocenters. The number of fused-ring (bicyclic) bond motifs is 1. The highest BCUT2D eigenvalue weighted by Crippen LogP contribution is 2.18. The Morgan fingerprint density at radius 3 is 2.25 bits per heavy atom. The van der Waals surface area contributed by atoms with E-state index in [-0.39, 0.29) is 0 Å². The van der Waals surface area contributed by atoms with Gasteiger partial charge in [-0.05, 0) is 34.5 Å². The fourth-order valence-electron chi connectivity index (χ4n) is 2.08. The van der Waals surface area contributed by atoms with Crippen LogP contribution in [0.15, 0.2) is 83.1 Å². The maximum atomic E-state index is 12.3. The van der Waals surface area contributed by atoms with Crippen LogP contribution in [-0.2, 0) is 10.8 Å². The predicted molar refractivity (Wildman–Crippen MR) is 85.8 cm³/mol. The molecular formula is C18H14OS. The third-order valence-electron chi connectivity index (χ3n) is 3.14. The van der Waals surface area contributed by atoms with Crippen LogP contribution in [0.2, 0.25) is 0 Å². The third kappa shape index (κ3) is 2.86. The maximum absolute atomic E-state index is 12.3. The molecule has 0 fully saturated rings. The van der Waals surface area contributed by atoms with E-state index in [2.05, 4.69) is 6.07 Å². The van der Waals surface area contributed by atoms with Crippen molar-refractivity contribution >= 4 is 27.6 Å². The molecule has 0 spiro atoms. The zero-order chi connectivity index (χ0) is 13.8. The van der Waals surface area contributed by atoms with Gasteiger partial charge in [-0.15, -0.1) is 0 Å². The number of rotatable bonds is 3. The van der Waals surface area contributed by atoms with Gasteiger partial charge in [0.2, 0.25) is 0 Å². The Hall–Kier alpha value is -2.19. The first kappa shape index (κ1) is 12.8. The van der Waals surface area contributed by atoms with Crippen LogP contribution in [0, 0.1) is 0 Å². The van der Waals surface area contributed by atoms with Crippen LogP contribution >= 0.6 is 0 Å². The van der Waals surface area contributed by atoms with E-state index in [1.165, 1.54) is 5.39 Å². The number of benzene rings is 3. The van der Waals surface area contributed by atoms with Crippen molar-refractivity contribution in [1.29, 1.82) is 0 Å². The number of hydrogen-bond donors (Lipinski definition) is 0. The van der Waals surface area contributed by atoms with Crippen molar-refractivity contribution in [3.05, 3.63) is 83.8 Å². The lowest BCUT2D eigenvalue weighted by Crippen LogP contribution is -1.86. The van der Waals surface area contributed by atoms with Gasteiger partial charge in [-0.2, -0.15) is 0 Å². The molecule has 3 rings (SSSR count). The number of hydrogen-bond acceptors (Lipinski definition) is 1. The van der Waals surface area contributed by atoms with Gasteiger partial charge in [0.15, 0.2) is 0 Å². The van der Waals surface area contributed by atoms with Crippen LogP contribution in [0.25, 0.3) is 16.8 Å². The van der Waals surface area contributed by atoms with Crippen molar-refractivity contribution in [2.24, 2.45) is 0 Å². The fraction of sp³-hybridized carbons (Fsp3) is 0. The fourth-order valence-corrected chi connectivity index (χ4v) is 2.96. The second kappa shape index (κ2) is 5.85. The maximum Gasteiger partial charge on any atom is 0.0776 e. The highest BCUT2D eigenvalue weighted by molar-refractivity contribution is 7.88. The molecule has 0 radical (unpaired) electrons. The minimum atomic E-state index is -1.12. The van der Waals surface area contributed by atoms with Gasteiger partial charge in [0.1, 0.15) is 0 Å². The summed E-state index contributed by atoms with van der Waals surface area (Å²) < 4.78 is 12.3. The Bertz CT molecular complexity index is 776. The SMILES string of the molecule is O=S(/C=C\c1ccccc1)c1ccc2ccccc2c1. The topological polar surface area (TPSA) is 17.1 Å². The Morgan fingerprint density at radius 2 is 1.45 bits per heavy atom. The Balaban J connectivity index is 1.87. The van der Waals surface area contributed by atoms with Gasteiger partial charge in [0.05, 0.1) is 10.8 Å². The van der Waals surface area contributed by atoms with Crippen LogP contribution in [0.4, 0.5) is 0 Å². The summed E-state index contributed by atoms with van der Waals surface area (Å²) in [6.45, 7) is 0. The molecule has 20 heavy (non-hydrogen) atoms. The predicted octanol–water partition coefficient (Wildman–Crippen LogP) is 4.62. The second-order valence-electron chi connectivity index (χ2n) is 4.52. The van der Waals surface area contributed by atoms with Crippen LogP contribution in [0.1, 0.15) is 5.56 Å². The first-order valence-electron chi connectivity index (χ1n) is 6.45. The molecule has 98 valence electrons. The van der Waals surface area contributed by atoms with Gasteiger partial charge in [-0.25, -0.2) is 4.21 Å². The minimum Gasteiger partial charge on any atom is -0.250 e. The molecule has 1 nitrogen and oxygen atoms in total. The summed E-state index contributed by atoms with van der Waals surface area (Å²) in [5.41, 5.74) is 1.06. The molecule has 0 heterocycles. The summed E-state index contributed by atoms with van der Waals surface area (Å²) in [5, 5.41) is 4.02.